The Morgan fingerprint density at radius 3 is 2.75 bits per heavy atom. The Balaban J connectivity index is 0.000000913. The summed E-state index contributed by atoms with van der Waals surface area (Å²) in [6.07, 6.45) is 12.2. The van der Waals surface area contributed by atoms with Crippen LogP contribution in [0.25, 0.3) is 5.65 Å². The molecule has 2 aromatic heterocycles. The highest BCUT2D eigenvalue weighted by molar-refractivity contribution is 5.78. The van der Waals surface area contributed by atoms with Crippen LogP contribution in [0.2, 0.25) is 0 Å². The van der Waals surface area contributed by atoms with E-state index in [-0.39, 0.29) is 30.4 Å². The summed E-state index contributed by atoms with van der Waals surface area (Å²) in [5.41, 5.74) is 1.75. The molecule has 3 atom stereocenters. The lowest BCUT2D eigenvalue weighted by Gasteiger charge is -2.39. The summed E-state index contributed by atoms with van der Waals surface area (Å²) in [7, 11) is 3.96. The fourth-order valence-electron chi connectivity index (χ4n) is 4.66. The molecule has 1 saturated carbocycles. The van der Waals surface area contributed by atoms with Crippen molar-refractivity contribution in [3.05, 3.63) is 30.5 Å². The van der Waals surface area contributed by atoms with Crippen LogP contribution in [-0.2, 0) is 20.9 Å². The Labute approximate surface area is 188 Å². The molecule has 1 aliphatic carbocycles. The summed E-state index contributed by atoms with van der Waals surface area (Å²) in [5.74, 6) is 0.143. The van der Waals surface area contributed by atoms with Crippen LogP contribution in [0.1, 0.15) is 37.8 Å². The van der Waals surface area contributed by atoms with Gasteiger partial charge in [-0.05, 0) is 52.2 Å². The molecule has 0 spiro atoms. The van der Waals surface area contributed by atoms with E-state index in [0.29, 0.717) is 12.6 Å². The molecule has 1 aliphatic heterocycles. The summed E-state index contributed by atoms with van der Waals surface area (Å²) in [5, 5.41) is 13.8. The van der Waals surface area contributed by atoms with E-state index < -0.39 is 0 Å². The van der Waals surface area contributed by atoms with E-state index in [1.54, 1.807) is 25.7 Å². The normalized spacial score (nSPS) is 24.5. The van der Waals surface area contributed by atoms with Gasteiger partial charge in [0.2, 0.25) is 5.91 Å². The average molecular weight is 447 g/mol. The molecule has 32 heavy (non-hydrogen) atoms. The minimum Gasteiger partial charge on any atom is -0.483 e. The van der Waals surface area contributed by atoms with Gasteiger partial charge < -0.3 is 25.4 Å². The number of carbonyl (C=O) groups excluding carboxylic acids is 1. The number of amides is 1. The largest absolute Gasteiger partial charge is 0.483 e. The third-order valence-corrected chi connectivity index (χ3v) is 6.47. The molecule has 0 aromatic carbocycles. The second kappa shape index (κ2) is 11.9. The highest BCUT2D eigenvalue weighted by Crippen LogP contribution is 2.28. The van der Waals surface area contributed by atoms with Gasteiger partial charge in [-0.3, -0.25) is 19.0 Å². The van der Waals surface area contributed by atoms with Crippen LogP contribution >= 0.6 is 0 Å². The standard InChI is InChI=1S/C21H32N6O2.CH2O2/c1-26-8-5-16(6-9-26)25-18-11-15(3-4-19(18)29-2)21(28)24-13-17-12-23-20-14-22-7-10-27(17)20;2-1-3/h7,10,12,14-16,18-19,25H,3-6,8-9,11,13H2,1-2H3,(H,24,28);1H,(H,2,3)/t15-,18+,19+;/m0./s1. The lowest BCUT2D eigenvalue weighted by Crippen LogP contribution is -2.53. The van der Waals surface area contributed by atoms with Crippen molar-refractivity contribution in [3.63, 3.8) is 0 Å². The molecule has 1 amide bonds. The third-order valence-electron chi connectivity index (χ3n) is 6.47. The molecule has 0 radical (unpaired) electrons. The fraction of sp³-hybridized carbons (Fsp3) is 0.636. The van der Waals surface area contributed by atoms with Gasteiger partial charge in [-0.1, -0.05) is 0 Å². The molecule has 1 saturated heterocycles. The Kier molecular flexibility index (Phi) is 8.95. The Morgan fingerprint density at radius 1 is 1.28 bits per heavy atom. The van der Waals surface area contributed by atoms with Crippen molar-refractivity contribution in [1.29, 1.82) is 0 Å². The van der Waals surface area contributed by atoms with E-state index in [4.69, 9.17) is 14.6 Å². The molecule has 2 aromatic rings. The number of piperidine rings is 1. The van der Waals surface area contributed by atoms with E-state index in [1.165, 1.54) is 0 Å². The molecule has 10 heteroatoms. The minimum absolute atomic E-state index is 0.0195. The molecule has 4 rings (SSSR count). The number of nitrogens with zero attached hydrogens (tertiary/aromatic N) is 4. The van der Waals surface area contributed by atoms with Crippen molar-refractivity contribution >= 4 is 18.0 Å². The summed E-state index contributed by atoms with van der Waals surface area (Å²) in [6, 6.07) is 0.752. The zero-order chi connectivity index (χ0) is 22.9. The van der Waals surface area contributed by atoms with Crippen LogP contribution in [0, 0.1) is 5.92 Å². The van der Waals surface area contributed by atoms with Crippen molar-refractivity contribution in [1.82, 2.24) is 29.9 Å². The van der Waals surface area contributed by atoms with Crippen molar-refractivity contribution in [3.8, 4) is 0 Å². The van der Waals surface area contributed by atoms with E-state index in [0.717, 1.165) is 56.5 Å². The second-order valence-corrected chi connectivity index (χ2v) is 8.51. The van der Waals surface area contributed by atoms with Gasteiger partial charge in [0.25, 0.3) is 6.47 Å². The molecule has 2 fully saturated rings. The Bertz CT molecular complexity index is 867. The summed E-state index contributed by atoms with van der Waals surface area (Å²) in [6.45, 7) is 2.48. The first-order valence-corrected chi connectivity index (χ1v) is 11.1. The lowest BCUT2D eigenvalue weighted by atomic mass is 9.82. The second-order valence-electron chi connectivity index (χ2n) is 8.51. The predicted octanol–water partition coefficient (Wildman–Crippen LogP) is 0.914. The fourth-order valence-corrected chi connectivity index (χ4v) is 4.66. The molecule has 10 nitrogen and oxygen atoms in total. The molecule has 0 bridgehead atoms. The number of methoxy groups -OCH3 is 1. The number of imidazole rings is 1. The van der Waals surface area contributed by atoms with Crippen LogP contribution in [-0.4, -0.2) is 82.2 Å². The molecule has 0 unspecified atom stereocenters. The number of ether oxygens (including phenoxy) is 1. The first-order chi connectivity index (χ1) is 15.5. The van der Waals surface area contributed by atoms with Gasteiger partial charge in [0, 0.05) is 37.5 Å². The Morgan fingerprint density at radius 2 is 2.03 bits per heavy atom. The van der Waals surface area contributed by atoms with Crippen molar-refractivity contribution in [2.24, 2.45) is 5.92 Å². The van der Waals surface area contributed by atoms with E-state index in [1.807, 2.05) is 10.6 Å². The first kappa shape index (κ1) is 24.1. The van der Waals surface area contributed by atoms with Gasteiger partial charge >= 0.3 is 0 Å². The highest BCUT2D eigenvalue weighted by Gasteiger charge is 2.35. The lowest BCUT2D eigenvalue weighted by molar-refractivity contribution is -0.127. The van der Waals surface area contributed by atoms with Gasteiger partial charge in [-0.25, -0.2) is 4.98 Å². The van der Waals surface area contributed by atoms with E-state index in [9.17, 15) is 4.79 Å². The molecule has 2 aliphatic rings. The van der Waals surface area contributed by atoms with Crippen LogP contribution < -0.4 is 10.6 Å². The number of hydrogen-bond donors (Lipinski definition) is 3. The topological polar surface area (TPSA) is 121 Å². The number of carboxylic acid groups (broad SMARTS) is 1. The van der Waals surface area contributed by atoms with Gasteiger partial charge in [0.15, 0.2) is 5.65 Å². The molecular weight excluding hydrogens is 412 g/mol. The SMILES string of the molecule is CO[C@@H]1CC[C@H](C(=O)NCc2cnc3cnccn23)C[C@H]1NC1CCN(C)CC1.O=CO. The highest BCUT2D eigenvalue weighted by atomic mass is 16.5. The zero-order valence-corrected chi connectivity index (χ0v) is 18.8. The molecule has 3 N–H and O–H groups in total. The number of aromatic nitrogens is 3. The molecule has 3 heterocycles. The minimum atomic E-state index is -0.250. The maximum atomic E-state index is 12.9. The van der Waals surface area contributed by atoms with Crippen molar-refractivity contribution in [2.45, 2.75) is 56.8 Å². The van der Waals surface area contributed by atoms with Gasteiger partial charge in [0.1, 0.15) is 0 Å². The van der Waals surface area contributed by atoms with Crippen LogP contribution in [0.15, 0.2) is 24.8 Å². The Hall–Kier alpha value is -2.56. The van der Waals surface area contributed by atoms with Crippen LogP contribution in [0.4, 0.5) is 0 Å². The number of hydrogen-bond acceptors (Lipinski definition) is 7. The van der Waals surface area contributed by atoms with E-state index >= 15 is 0 Å². The summed E-state index contributed by atoms with van der Waals surface area (Å²) < 4.78 is 7.70. The molecule has 176 valence electrons. The first-order valence-electron chi connectivity index (χ1n) is 11.1. The number of likely N-dealkylation sites (tertiary alicyclic amines) is 1. The monoisotopic (exact) mass is 446 g/mol. The third kappa shape index (κ3) is 6.24. The smallest absolute Gasteiger partial charge is 0.290 e. The average Bonchev–Trinajstić information content (AvgIpc) is 3.22. The predicted molar refractivity (Wildman–Crippen MR) is 119 cm³/mol. The number of carbonyl (C=O) groups is 2. The van der Waals surface area contributed by atoms with Crippen molar-refractivity contribution < 1.29 is 19.4 Å². The van der Waals surface area contributed by atoms with Crippen molar-refractivity contribution in [2.75, 3.05) is 27.2 Å². The maximum absolute atomic E-state index is 12.9. The number of fused-ring (bicyclic) bond motifs is 1. The quantitative estimate of drug-likeness (QED) is 0.560. The maximum Gasteiger partial charge on any atom is 0.290 e. The number of nitrogens with one attached hydrogen (secondary N) is 2. The van der Waals surface area contributed by atoms with Crippen LogP contribution in [0.5, 0.6) is 0 Å². The van der Waals surface area contributed by atoms with Crippen LogP contribution in [0.3, 0.4) is 0 Å². The van der Waals surface area contributed by atoms with E-state index in [2.05, 4.69) is 32.5 Å². The van der Waals surface area contributed by atoms with Gasteiger partial charge in [0.05, 0.1) is 30.7 Å². The van der Waals surface area contributed by atoms with Gasteiger partial charge in [-0.15, -0.1) is 0 Å². The summed E-state index contributed by atoms with van der Waals surface area (Å²) >= 11 is 0. The van der Waals surface area contributed by atoms with Gasteiger partial charge in [-0.2, -0.15) is 0 Å². The molecular formula is C22H34N6O4. The summed E-state index contributed by atoms with van der Waals surface area (Å²) in [4.78, 5) is 32.0. The zero-order valence-electron chi connectivity index (χ0n) is 18.8. The number of rotatable bonds is 6.